The van der Waals surface area contributed by atoms with Crippen LogP contribution in [0.3, 0.4) is 0 Å². The second kappa shape index (κ2) is 11.6. The Bertz CT molecular complexity index is 731. The van der Waals surface area contributed by atoms with Gasteiger partial charge in [0.05, 0.1) is 18.6 Å². The molecule has 0 saturated carbocycles. The molecule has 2 N–H and O–H groups in total. The standard InChI is InChI=1S/C21H32N4O3.HI/c1-21(2,3)18-14-23-19(28-18)15-25-20(22-10-9-16-8-6-12-26-16)24-13-17-7-4-5-11-27-17;/h6,8,12,14,17H,4-5,7,9-11,13,15H2,1-3H3,(H2,22,24,25);1H. The lowest BCUT2D eigenvalue weighted by atomic mass is 9.94. The van der Waals surface area contributed by atoms with Crippen LogP contribution in [0.5, 0.6) is 0 Å². The van der Waals surface area contributed by atoms with Gasteiger partial charge in [-0.25, -0.2) is 9.98 Å². The highest BCUT2D eigenvalue weighted by molar-refractivity contribution is 14.0. The molecule has 3 rings (SSSR count). The first kappa shape index (κ1) is 23.7. The number of aromatic nitrogens is 1. The SMILES string of the molecule is CC(C)(C)c1cnc(CN=C(NCCc2ccco2)NCC2CCCCO2)o1.I. The fourth-order valence-corrected chi connectivity index (χ4v) is 2.99. The number of hydrogen-bond donors (Lipinski definition) is 2. The Labute approximate surface area is 190 Å². The van der Waals surface area contributed by atoms with E-state index in [-0.39, 0.29) is 35.5 Å². The molecule has 0 aliphatic carbocycles. The third-order valence-corrected chi connectivity index (χ3v) is 4.68. The van der Waals surface area contributed by atoms with Gasteiger partial charge < -0.3 is 24.2 Å². The Morgan fingerprint density at radius 2 is 2.14 bits per heavy atom. The fourth-order valence-electron chi connectivity index (χ4n) is 2.99. The average molecular weight is 516 g/mol. The smallest absolute Gasteiger partial charge is 0.216 e. The minimum absolute atomic E-state index is 0. The maximum absolute atomic E-state index is 5.84. The number of halogens is 1. The molecular weight excluding hydrogens is 483 g/mol. The van der Waals surface area contributed by atoms with Crippen molar-refractivity contribution in [1.82, 2.24) is 15.6 Å². The number of aliphatic imine (C=N–C) groups is 1. The number of guanidine groups is 1. The van der Waals surface area contributed by atoms with E-state index in [2.05, 4.69) is 41.4 Å². The molecule has 1 aliphatic rings. The van der Waals surface area contributed by atoms with Gasteiger partial charge in [-0.2, -0.15) is 0 Å². The molecule has 29 heavy (non-hydrogen) atoms. The number of nitrogens with one attached hydrogen (secondary N) is 2. The zero-order valence-electron chi connectivity index (χ0n) is 17.6. The molecule has 1 atom stereocenters. The Morgan fingerprint density at radius 3 is 2.79 bits per heavy atom. The lowest BCUT2D eigenvalue weighted by Crippen LogP contribution is -2.43. The highest BCUT2D eigenvalue weighted by Gasteiger charge is 2.19. The van der Waals surface area contributed by atoms with Crippen molar-refractivity contribution >= 4 is 29.9 Å². The summed E-state index contributed by atoms with van der Waals surface area (Å²) in [5, 5.41) is 6.75. The van der Waals surface area contributed by atoms with Gasteiger partial charge in [0, 0.05) is 31.5 Å². The lowest BCUT2D eigenvalue weighted by molar-refractivity contribution is 0.0194. The van der Waals surface area contributed by atoms with Crippen molar-refractivity contribution in [2.45, 2.75) is 64.5 Å². The van der Waals surface area contributed by atoms with Gasteiger partial charge in [0.15, 0.2) is 5.96 Å². The first-order valence-corrected chi connectivity index (χ1v) is 10.1. The molecule has 1 aliphatic heterocycles. The molecule has 0 radical (unpaired) electrons. The summed E-state index contributed by atoms with van der Waals surface area (Å²) in [5.74, 6) is 3.17. The molecule has 162 valence electrons. The topological polar surface area (TPSA) is 84.8 Å². The summed E-state index contributed by atoms with van der Waals surface area (Å²) < 4.78 is 17.0. The van der Waals surface area contributed by atoms with E-state index in [1.807, 2.05) is 12.1 Å². The van der Waals surface area contributed by atoms with E-state index >= 15 is 0 Å². The van der Waals surface area contributed by atoms with Gasteiger partial charge in [-0.3, -0.25) is 0 Å². The van der Waals surface area contributed by atoms with E-state index in [9.17, 15) is 0 Å². The van der Waals surface area contributed by atoms with Gasteiger partial charge in [-0.05, 0) is 31.4 Å². The van der Waals surface area contributed by atoms with Crippen molar-refractivity contribution in [2.24, 2.45) is 4.99 Å². The molecule has 0 bridgehead atoms. The summed E-state index contributed by atoms with van der Waals surface area (Å²) in [5.41, 5.74) is -0.0599. The molecule has 1 unspecified atom stereocenters. The van der Waals surface area contributed by atoms with Gasteiger partial charge in [-0.1, -0.05) is 20.8 Å². The number of ether oxygens (including phenoxy) is 1. The van der Waals surface area contributed by atoms with Crippen LogP contribution in [0, 0.1) is 0 Å². The van der Waals surface area contributed by atoms with Crippen LogP contribution in [-0.2, 0) is 23.1 Å². The van der Waals surface area contributed by atoms with Crippen molar-refractivity contribution in [3.63, 3.8) is 0 Å². The third kappa shape index (κ3) is 8.00. The molecular formula is C21H33IN4O3. The van der Waals surface area contributed by atoms with Crippen LogP contribution in [-0.4, -0.2) is 36.7 Å². The maximum atomic E-state index is 5.84. The van der Waals surface area contributed by atoms with Crippen LogP contribution in [0.4, 0.5) is 0 Å². The molecule has 0 amide bonds. The number of oxazole rings is 1. The van der Waals surface area contributed by atoms with Crippen molar-refractivity contribution in [1.29, 1.82) is 0 Å². The van der Waals surface area contributed by atoms with Gasteiger partial charge in [-0.15, -0.1) is 24.0 Å². The maximum Gasteiger partial charge on any atom is 0.216 e. The summed E-state index contributed by atoms with van der Waals surface area (Å²) >= 11 is 0. The average Bonchev–Trinajstić information content (AvgIpc) is 3.36. The zero-order chi connectivity index (χ0) is 19.8. The highest BCUT2D eigenvalue weighted by atomic mass is 127. The Hall–Kier alpha value is -1.55. The van der Waals surface area contributed by atoms with Crippen molar-refractivity contribution < 1.29 is 13.6 Å². The van der Waals surface area contributed by atoms with E-state index in [4.69, 9.17) is 13.6 Å². The normalized spacial score (nSPS) is 17.6. The summed E-state index contributed by atoms with van der Waals surface area (Å²) in [6.07, 6.45) is 7.97. The van der Waals surface area contributed by atoms with Crippen molar-refractivity contribution in [3.05, 3.63) is 42.0 Å². The summed E-state index contributed by atoms with van der Waals surface area (Å²) in [4.78, 5) is 9.00. The quantitative estimate of drug-likeness (QED) is 0.329. The number of nitrogens with zero attached hydrogens (tertiary/aromatic N) is 2. The van der Waals surface area contributed by atoms with Crippen molar-refractivity contribution in [3.8, 4) is 0 Å². The molecule has 3 heterocycles. The largest absolute Gasteiger partial charge is 0.469 e. The number of rotatable bonds is 7. The van der Waals surface area contributed by atoms with Crippen LogP contribution in [0.15, 0.2) is 38.4 Å². The summed E-state index contributed by atoms with van der Waals surface area (Å²) in [7, 11) is 0. The molecule has 2 aromatic heterocycles. The Morgan fingerprint density at radius 1 is 1.28 bits per heavy atom. The van der Waals surface area contributed by atoms with E-state index in [0.29, 0.717) is 12.4 Å². The molecule has 1 fully saturated rings. The highest BCUT2D eigenvalue weighted by Crippen LogP contribution is 2.22. The minimum atomic E-state index is -0.0599. The van der Waals surface area contributed by atoms with E-state index in [1.165, 1.54) is 6.42 Å². The first-order valence-electron chi connectivity index (χ1n) is 10.1. The minimum Gasteiger partial charge on any atom is -0.469 e. The molecule has 0 aromatic carbocycles. The van der Waals surface area contributed by atoms with Crippen LogP contribution in [0.25, 0.3) is 0 Å². The fraction of sp³-hybridized carbons (Fsp3) is 0.619. The van der Waals surface area contributed by atoms with Gasteiger partial charge in [0.25, 0.3) is 0 Å². The monoisotopic (exact) mass is 516 g/mol. The van der Waals surface area contributed by atoms with Crippen molar-refractivity contribution in [2.75, 3.05) is 19.7 Å². The molecule has 2 aromatic rings. The zero-order valence-corrected chi connectivity index (χ0v) is 19.9. The predicted molar refractivity (Wildman–Crippen MR) is 124 cm³/mol. The predicted octanol–water partition coefficient (Wildman–Crippen LogP) is 4.03. The van der Waals surface area contributed by atoms with Gasteiger partial charge in [0.2, 0.25) is 5.89 Å². The second-order valence-electron chi connectivity index (χ2n) is 8.16. The van der Waals surface area contributed by atoms with E-state index < -0.39 is 0 Å². The van der Waals surface area contributed by atoms with E-state index in [0.717, 1.165) is 56.4 Å². The molecule has 0 spiro atoms. The Kier molecular flexibility index (Phi) is 9.48. The molecule has 1 saturated heterocycles. The lowest BCUT2D eigenvalue weighted by Gasteiger charge is -2.23. The Balaban J connectivity index is 0.00000300. The van der Waals surface area contributed by atoms with E-state index in [1.54, 1.807) is 12.5 Å². The van der Waals surface area contributed by atoms with Gasteiger partial charge in [0.1, 0.15) is 18.1 Å². The number of furan rings is 1. The molecule has 7 nitrogen and oxygen atoms in total. The van der Waals surface area contributed by atoms with Crippen LogP contribution in [0.1, 0.15) is 57.4 Å². The van der Waals surface area contributed by atoms with Crippen LogP contribution in [0.2, 0.25) is 0 Å². The number of hydrogen-bond acceptors (Lipinski definition) is 5. The first-order chi connectivity index (χ1) is 13.5. The summed E-state index contributed by atoms with van der Waals surface area (Å²) in [6, 6.07) is 3.88. The van der Waals surface area contributed by atoms with Crippen LogP contribution < -0.4 is 10.6 Å². The second-order valence-corrected chi connectivity index (χ2v) is 8.16. The van der Waals surface area contributed by atoms with Crippen LogP contribution >= 0.6 is 24.0 Å². The molecule has 8 heteroatoms. The summed E-state index contributed by atoms with van der Waals surface area (Å²) in [6.45, 7) is 9.01. The third-order valence-electron chi connectivity index (χ3n) is 4.68. The van der Waals surface area contributed by atoms with Gasteiger partial charge >= 0.3 is 0 Å².